The van der Waals surface area contributed by atoms with E-state index in [9.17, 15) is 4.79 Å². The van der Waals surface area contributed by atoms with E-state index >= 15 is 0 Å². The molecule has 1 aromatic carbocycles. The summed E-state index contributed by atoms with van der Waals surface area (Å²) in [5, 5.41) is 13.7. The van der Waals surface area contributed by atoms with Crippen LogP contribution in [0.3, 0.4) is 0 Å². The first-order valence-electron chi connectivity index (χ1n) is 10.4. The third-order valence-electron chi connectivity index (χ3n) is 6.01. The summed E-state index contributed by atoms with van der Waals surface area (Å²) in [6, 6.07) is 8.82. The number of hydrogen-bond donors (Lipinski definition) is 3. The third kappa shape index (κ3) is 4.15. The van der Waals surface area contributed by atoms with E-state index in [0.29, 0.717) is 17.9 Å². The van der Waals surface area contributed by atoms with Crippen molar-refractivity contribution in [2.75, 3.05) is 24.5 Å². The van der Waals surface area contributed by atoms with Gasteiger partial charge >= 0.3 is 0 Å². The predicted octanol–water partition coefficient (Wildman–Crippen LogP) is 2.65. The van der Waals surface area contributed by atoms with Crippen molar-refractivity contribution in [3.63, 3.8) is 0 Å². The van der Waals surface area contributed by atoms with Crippen LogP contribution in [0, 0.1) is 5.92 Å². The summed E-state index contributed by atoms with van der Waals surface area (Å²) < 4.78 is 2.19. The van der Waals surface area contributed by atoms with Crippen molar-refractivity contribution in [3.8, 4) is 0 Å². The van der Waals surface area contributed by atoms with Crippen LogP contribution in [0.4, 0.5) is 5.95 Å². The van der Waals surface area contributed by atoms with Crippen LogP contribution in [0.1, 0.15) is 41.7 Å². The largest absolute Gasteiger partial charge is 0.350 e. The van der Waals surface area contributed by atoms with Gasteiger partial charge in [-0.3, -0.25) is 10.0 Å². The van der Waals surface area contributed by atoms with Gasteiger partial charge in [-0.2, -0.15) is 0 Å². The Morgan fingerprint density at radius 3 is 2.63 bits per heavy atom. The van der Waals surface area contributed by atoms with Gasteiger partial charge in [-0.15, -0.1) is 0 Å². The number of rotatable bonds is 6. The molecular formula is C22H28N6O2. The summed E-state index contributed by atoms with van der Waals surface area (Å²) in [4.78, 5) is 22.1. The van der Waals surface area contributed by atoms with E-state index in [1.165, 1.54) is 28.9 Å². The van der Waals surface area contributed by atoms with Crippen LogP contribution in [-0.4, -0.2) is 45.3 Å². The van der Waals surface area contributed by atoms with Gasteiger partial charge in [0.15, 0.2) is 0 Å². The molecule has 3 aromatic rings. The Kier molecular flexibility index (Phi) is 5.96. The lowest BCUT2D eigenvalue weighted by Gasteiger charge is -2.32. The van der Waals surface area contributed by atoms with E-state index in [1.54, 1.807) is 5.48 Å². The number of carbonyl (C=O) groups excluding carboxylic acids is 1. The zero-order valence-electron chi connectivity index (χ0n) is 17.4. The molecule has 1 fully saturated rings. The van der Waals surface area contributed by atoms with Crippen molar-refractivity contribution in [1.82, 2.24) is 25.3 Å². The Bertz CT molecular complexity index is 1010. The molecule has 1 unspecified atom stereocenters. The van der Waals surface area contributed by atoms with Crippen molar-refractivity contribution in [1.29, 1.82) is 0 Å². The number of aromatic nitrogens is 3. The molecule has 30 heavy (non-hydrogen) atoms. The molecule has 1 saturated heterocycles. The molecule has 1 aliphatic rings. The molecule has 1 aliphatic heterocycles. The second-order valence-corrected chi connectivity index (χ2v) is 7.99. The molecule has 2 aromatic heterocycles. The van der Waals surface area contributed by atoms with E-state index in [2.05, 4.69) is 69.2 Å². The van der Waals surface area contributed by atoms with Gasteiger partial charge in [0.2, 0.25) is 5.95 Å². The Morgan fingerprint density at radius 2 is 1.93 bits per heavy atom. The van der Waals surface area contributed by atoms with Gasteiger partial charge < -0.3 is 14.8 Å². The number of nitrogens with one attached hydrogen (secondary N) is 2. The van der Waals surface area contributed by atoms with Crippen LogP contribution >= 0.6 is 0 Å². The second-order valence-electron chi connectivity index (χ2n) is 7.99. The molecular weight excluding hydrogens is 380 g/mol. The summed E-state index contributed by atoms with van der Waals surface area (Å²) in [5.74, 6) is 0.629. The lowest BCUT2D eigenvalue weighted by molar-refractivity contribution is 0.0705. The van der Waals surface area contributed by atoms with Crippen LogP contribution in [-0.2, 0) is 7.05 Å². The predicted molar refractivity (Wildman–Crippen MR) is 116 cm³/mol. The number of carbonyl (C=O) groups is 1. The molecule has 0 spiro atoms. The van der Waals surface area contributed by atoms with Crippen LogP contribution < -0.4 is 15.7 Å². The first-order valence-corrected chi connectivity index (χ1v) is 10.4. The van der Waals surface area contributed by atoms with Crippen LogP contribution in [0.5, 0.6) is 0 Å². The molecule has 0 bridgehead atoms. The zero-order chi connectivity index (χ0) is 21.1. The van der Waals surface area contributed by atoms with Crippen molar-refractivity contribution >= 4 is 22.8 Å². The lowest BCUT2D eigenvalue weighted by Crippen LogP contribution is -2.38. The normalized spacial score (nSPS) is 16.0. The molecule has 1 atom stereocenters. The molecule has 8 heteroatoms. The van der Waals surface area contributed by atoms with E-state index in [-0.39, 0.29) is 5.56 Å². The highest BCUT2D eigenvalue weighted by atomic mass is 16.5. The highest BCUT2D eigenvalue weighted by Gasteiger charge is 2.22. The fourth-order valence-electron chi connectivity index (χ4n) is 4.17. The van der Waals surface area contributed by atoms with Crippen molar-refractivity contribution in [3.05, 3.63) is 54.0 Å². The summed E-state index contributed by atoms with van der Waals surface area (Å²) in [5.41, 5.74) is 4.43. The average molecular weight is 409 g/mol. The van der Waals surface area contributed by atoms with Gasteiger partial charge in [-0.05, 0) is 43.9 Å². The molecule has 3 heterocycles. The number of fused-ring (bicyclic) bond motifs is 1. The first-order chi connectivity index (χ1) is 14.6. The fraction of sp³-hybridized carbons (Fsp3) is 0.409. The molecule has 4 rings (SSSR count). The van der Waals surface area contributed by atoms with Gasteiger partial charge in [0, 0.05) is 55.7 Å². The smallest absolute Gasteiger partial charge is 0.277 e. The summed E-state index contributed by atoms with van der Waals surface area (Å²) in [6.45, 7) is 4.99. The quantitative estimate of drug-likeness (QED) is 0.429. The second kappa shape index (κ2) is 8.81. The van der Waals surface area contributed by atoms with Crippen LogP contribution in [0.15, 0.2) is 42.9 Å². The number of hydroxylamine groups is 1. The minimum atomic E-state index is -0.605. The van der Waals surface area contributed by atoms with E-state index in [4.69, 9.17) is 5.21 Å². The van der Waals surface area contributed by atoms with Crippen molar-refractivity contribution in [2.45, 2.75) is 25.8 Å². The fourth-order valence-corrected chi connectivity index (χ4v) is 4.17. The van der Waals surface area contributed by atoms with Crippen molar-refractivity contribution < 1.29 is 10.0 Å². The van der Waals surface area contributed by atoms with E-state index in [0.717, 1.165) is 32.5 Å². The maximum Gasteiger partial charge on any atom is 0.277 e. The summed E-state index contributed by atoms with van der Waals surface area (Å²) >= 11 is 0. The topological polar surface area (TPSA) is 95.3 Å². The molecule has 158 valence electrons. The SMILES string of the molecule is CC(NCC1CCN(c2ncc(C(=O)NO)cn2)CC1)c1cn(C)c2ccccc12. The molecule has 0 radical (unpaired) electrons. The highest BCUT2D eigenvalue weighted by molar-refractivity contribution is 5.92. The Morgan fingerprint density at radius 1 is 1.23 bits per heavy atom. The summed E-state index contributed by atoms with van der Waals surface area (Å²) in [7, 11) is 2.10. The standard InChI is InChI=1S/C22H28N6O2/c1-15(19-14-27(2)20-6-4-3-5-18(19)20)23-11-16-7-9-28(10-8-16)22-24-12-17(13-25-22)21(29)26-30/h3-6,12-16,23,30H,7-11H2,1-2H3,(H,26,29). The Balaban J connectivity index is 1.30. The number of hydrogen-bond acceptors (Lipinski definition) is 6. The lowest BCUT2D eigenvalue weighted by atomic mass is 9.96. The average Bonchev–Trinajstić information content (AvgIpc) is 3.14. The molecule has 3 N–H and O–H groups in total. The van der Waals surface area contributed by atoms with Crippen LogP contribution in [0.25, 0.3) is 10.9 Å². The van der Waals surface area contributed by atoms with Gasteiger partial charge in [-0.25, -0.2) is 15.4 Å². The number of para-hydroxylation sites is 1. The van der Waals surface area contributed by atoms with Crippen molar-refractivity contribution in [2.24, 2.45) is 13.0 Å². The third-order valence-corrected chi connectivity index (χ3v) is 6.01. The minimum absolute atomic E-state index is 0.239. The van der Waals surface area contributed by atoms with Gasteiger partial charge in [0.25, 0.3) is 5.91 Å². The van der Waals surface area contributed by atoms with E-state index < -0.39 is 5.91 Å². The van der Waals surface area contributed by atoms with Gasteiger partial charge in [0.1, 0.15) is 0 Å². The number of anilines is 1. The number of amides is 1. The van der Waals surface area contributed by atoms with Gasteiger partial charge in [-0.1, -0.05) is 18.2 Å². The highest BCUT2D eigenvalue weighted by Crippen LogP contribution is 2.27. The molecule has 8 nitrogen and oxygen atoms in total. The summed E-state index contributed by atoms with van der Waals surface area (Å²) in [6.07, 6.45) is 7.23. The molecule has 0 saturated carbocycles. The number of aryl methyl sites for hydroxylation is 1. The number of nitrogens with zero attached hydrogens (tertiary/aromatic N) is 4. The van der Waals surface area contributed by atoms with E-state index in [1.807, 2.05) is 0 Å². The number of benzene rings is 1. The van der Waals surface area contributed by atoms with Crippen LogP contribution in [0.2, 0.25) is 0 Å². The van der Waals surface area contributed by atoms with Gasteiger partial charge in [0.05, 0.1) is 5.56 Å². The maximum absolute atomic E-state index is 11.4. The minimum Gasteiger partial charge on any atom is -0.350 e. The number of piperidine rings is 1. The zero-order valence-corrected chi connectivity index (χ0v) is 17.4. The Hall–Kier alpha value is -2.97. The Labute approximate surface area is 175 Å². The first kappa shape index (κ1) is 20.3. The molecule has 1 amide bonds. The maximum atomic E-state index is 11.4. The monoisotopic (exact) mass is 408 g/mol. The molecule has 0 aliphatic carbocycles.